The van der Waals surface area contributed by atoms with Gasteiger partial charge in [0, 0.05) is 23.8 Å². The molecule has 0 radical (unpaired) electrons. The van der Waals surface area contributed by atoms with Gasteiger partial charge in [-0.05, 0) is 42.0 Å². The molecule has 0 aliphatic heterocycles. The van der Waals surface area contributed by atoms with Gasteiger partial charge in [-0.2, -0.15) is 0 Å². The Bertz CT molecular complexity index is 995. The van der Waals surface area contributed by atoms with Crippen LogP contribution in [0.2, 0.25) is 0 Å². The monoisotopic (exact) mass is 387 g/mol. The first-order valence-corrected chi connectivity index (χ1v) is 7.78. The van der Waals surface area contributed by atoms with Gasteiger partial charge < -0.3 is 9.67 Å². The fourth-order valence-electron chi connectivity index (χ4n) is 2.41. The minimum Gasteiger partial charge on any atom is -0.867 e. The molecule has 0 unspecified atom stereocenters. The Labute approximate surface area is 145 Å². The molecule has 8 heteroatoms. The number of nitro groups is 1. The number of hydrogen-bond acceptors (Lipinski definition) is 5. The van der Waals surface area contributed by atoms with E-state index in [9.17, 15) is 15.2 Å². The highest BCUT2D eigenvalue weighted by Gasteiger charge is 2.11. The molecule has 1 heterocycles. The van der Waals surface area contributed by atoms with Crippen LogP contribution in [0.1, 0.15) is 11.1 Å². The Morgan fingerprint density at radius 2 is 2.08 bits per heavy atom. The lowest BCUT2D eigenvalue weighted by atomic mass is 10.1. The third-order valence-corrected chi connectivity index (χ3v) is 4.07. The minimum atomic E-state index is -0.681. The molecule has 122 valence electrons. The first-order valence-electron chi connectivity index (χ1n) is 6.99. The van der Waals surface area contributed by atoms with Crippen molar-refractivity contribution in [3.8, 4) is 5.75 Å². The van der Waals surface area contributed by atoms with E-state index in [0.717, 1.165) is 15.5 Å². The number of fused-ring (bicyclic) bond motifs is 1. The summed E-state index contributed by atoms with van der Waals surface area (Å²) in [6.07, 6.45) is 1.32. The second-order valence-corrected chi connectivity index (χ2v) is 6.24. The topological polar surface area (TPSA) is 96.4 Å². The smallest absolute Gasteiger partial charge is 0.262 e. The van der Waals surface area contributed by atoms with Crippen molar-refractivity contribution in [1.82, 2.24) is 9.55 Å². The van der Waals surface area contributed by atoms with Crippen molar-refractivity contribution in [2.75, 3.05) is 0 Å². The van der Waals surface area contributed by atoms with E-state index in [0.29, 0.717) is 11.5 Å². The summed E-state index contributed by atoms with van der Waals surface area (Å²) in [5, 5.41) is 23.1. The zero-order valence-electron chi connectivity index (χ0n) is 12.9. The molecule has 1 aromatic heterocycles. The second kappa shape index (κ2) is 6.04. The summed E-state index contributed by atoms with van der Waals surface area (Å²) in [6, 6.07) is 8.47. The molecule has 0 saturated heterocycles. The van der Waals surface area contributed by atoms with E-state index in [1.807, 2.05) is 25.2 Å². The normalized spacial score (nSPS) is 11.5. The molecular weight excluding hydrogens is 376 g/mol. The molecule has 0 aliphatic carbocycles. The van der Waals surface area contributed by atoms with E-state index in [-0.39, 0.29) is 5.56 Å². The second-order valence-electron chi connectivity index (χ2n) is 5.32. The highest BCUT2D eigenvalue weighted by molar-refractivity contribution is 9.10. The predicted octanol–water partition coefficient (Wildman–Crippen LogP) is 3.38. The van der Waals surface area contributed by atoms with E-state index in [1.165, 1.54) is 12.3 Å². The quantitative estimate of drug-likeness (QED) is 0.390. The number of imidazole rings is 1. The lowest BCUT2D eigenvalue weighted by Crippen LogP contribution is -2.03. The first-order chi connectivity index (χ1) is 11.4. The van der Waals surface area contributed by atoms with Gasteiger partial charge in [-0.15, -0.1) is 0 Å². The molecule has 0 saturated carbocycles. The van der Waals surface area contributed by atoms with Crippen LogP contribution in [0.3, 0.4) is 0 Å². The molecule has 0 bridgehead atoms. The van der Waals surface area contributed by atoms with Crippen LogP contribution in [-0.2, 0) is 7.05 Å². The van der Waals surface area contributed by atoms with Crippen LogP contribution in [-0.4, -0.2) is 20.7 Å². The number of nitro benzene ring substituents is 1. The van der Waals surface area contributed by atoms with Gasteiger partial charge in [0.05, 0.1) is 16.0 Å². The summed E-state index contributed by atoms with van der Waals surface area (Å²) in [6.45, 7) is 1.69. The Kier molecular flexibility index (Phi) is 4.06. The van der Waals surface area contributed by atoms with Crippen molar-refractivity contribution >= 4 is 44.8 Å². The number of hydrogen-bond donors (Lipinski definition) is 0. The van der Waals surface area contributed by atoms with Gasteiger partial charge in [-0.25, -0.2) is 9.98 Å². The number of aromatic nitrogens is 2. The van der Waals surface area contributed by atoms with E-state index in [4.69, 9.17) is 0 Å². The van der Waals surface area contributed by atoms with Gasteiger partial charge in [0.1, 0.15) is 0 Å². The van der Waals surface area contributed by atoms with Gasteiger partial charge in [-0.3, -0.25) is 10.1 Å². The Balaban J connectivity index is 2.06. The zero-order chi connectivity index (χ0) is 17.4. The summed E-state index contributed by atoms with van der Waals surface area (Å²) >= 11 is 3.41. The SMILES string of the molecule is Cc1cc(C=Nc2nc3ccc(Br)cc3n2C)c([O-])c([N+](=O)[O-])c1. The fourth-order valence-corrected chi connectivity index (χ4v) is 2.76. The molecule has 0 fully saturated rings. The third kappa shape index (κ3) is 2.88. The van der Waals surface area contributed by atoms with E-state index >= 15 is 0 Å². The van der Waals surface area contributed by atoms with Crippen LogP contribution in [0.4, 0.5) is 11.6 Å². The molecule has 0 amide bonds. The predicted molar refractivity (Wildman–Crippen MR) is 92.9 cm³/mol. The number of rotatable bonds is 3. The minimum absolute atomic E-state index is 0.162. The van der Waals surface area contributed by atoms with Crippen molar-refractivity contribution in [1.29, 1.82) is 0 Å². The third-order valence-electron chi connectivity index (χ3n) is 3.58. The molecule has 0 atom stereocenters. The molecule has 0 aliphatic rings. The van der Waals surface area contributed by atoms with Crippen LogP contribution in [0.15, 0.2) is 39.8 Å². The summed E-state index contributed by atoms with van der Waals surface area (Å²) in [5.41, 5.74) is 1.98. The number of aryl methyl sites for hydroxylation is 2. The molecule has 24 heavy (non-hydrogen) atoms. The number of benzene rings is 2. The summed E-state index contributed by atoms with van der Waals surface area (Å²) < 4.78 is 2.70. The van der Waals surface area contributed by atoms with Crippen molar-refractivity contribution in [3.63, 3.8) is 0 Å². The molecule has 0 spiro atoms. The van der Waals surface area contributed by atoms with Crippen LogP contribution < -0.4 is 5.11 Å². The standard InChI is InChI=1S/C16H13BrN4O3/c1-9-5-10(15(22)14(6-9)21(23)24)8-18-16-19-12-4-3-11(17)7-13(12)20(16)2/h3-8,22H,1-2H3/p-1. The van der Waals surface area contributed by atoms with Gasteiger partial charge in [0.25, 0.3) is 5.69 Å². The molecular formula is C16H12BrN4O3-. The van der Waals surface area contributed by atoms with Crippen molar-refractivity contribution < 1.29 is 10.0 Å². The molecule has 7 nitrogen and oxygen atoms in total. The van der Waals surface area contributed by atoms with Gasteiger partial charge >= 0.3 is 0 Å². The lowest BCUT2D eigenvalue weighted by Gasteiger charge is -2.11. The number of nitrogens with zero attached hydrogens (tertiary/aromatic N) is 4. The molecule has 0 N–H and O–H groups in total. The highest BCUT2D eigenvalue weighted by atomic mass is 79.9. The molecule has 3 aromatic rings. The van der Waals surface area contributed by atoms with Crippen molar-refractivity contribution in [2.24, 2.45) is 12.0 Å². The Morgan fingerprint density at radius 1 is 1.33 bits per heavy atom. The summed E-state index contributed by atoms with van der Waals surface area (Å²) in [4.78, 5) is 18.9. The van der Waals surface area contributed by atoms with Gasteiger partial charge in [-0.1, -0.05) is 22.0 Å². The lowest BCUT2D eigenvalue weighted by molar-refractivity contribution is -0.398. The Hall–Kier alpha value is -2.74. The Morgan fingerprint density at radius 3 is 2.79 bits per heavy atom. The first kappa shape index (κ1) is 16.1. The van der Waals surface area contributed by atoms with Crippen LogP contribution >= 0.6 is 15.9 Å². The number of aliphatic imine (C=N–C) groups is 1. The van der Waals surface area contributed by atoms with E-state index in [2.05, 4.69) is 25.9 Å². The molecule has 2 aromatic carbocycles. The highest BCUT2D eigenvalue weighted by Crippen LogP contribution is 2.28. The summed E-state index contributed by atoms with van der Waals surface area (Å²) in [5.74, 6) is -0.248. The maximum absolute atomic E-state index is 12.1. The average Bonchev–Trinajstić information content (AvgIpc) is 2.83. The molecule has 3 rings (SSSR count). The van der Waals surface area contributed by atoms with Crippen LogP contribution in [0.5, 0.6) is 5.75 Å². The fraction of sp³-hybridized carbons (Fsp3) is 0.125. The van der Waals surface area contributed by atoms with Gasteiger partial charge in [0.15, 0.2) is 0 Å². The summed E-state index contributed by atoms with van der Waals surface area (Å²) in [7, 11) is 1.81. The largest absolute Gasteiger partial charge is 0.867 e. The van der Waals surface area contributed by atoms with Crippen LogP contribution in [0, 0.1) is 17.0 Å². The van der Waals surface area contributed by atoms with Crippen molar-refractivity contribution in [2.45, 2.75) is 6.92 Å². The van der Waals surface area contributed by atoms with Crippen LogP contribution in [0.25, 0.3) is 11.0 Å². The van der Waals surface area contributed by atoms with Crippen molar-refractivity contribution in [3.05, 3.63) is 56.0 Å². The zero-order valence-corrected chi connectivity index (χ0v) is 14.4. The average molecular weight is 388 g/mol. The van der Waals surface area contributed by atoms with E-state index in [1.54, 1.807) is 17.6 Å². The van der Waals surface area contributed by atoms with E-state index < -0.39 is 16.4 Å². The van der Waals surface area contributed by atoms with Gasteiger partial charge in [0.2, 0.25) is 5.95 Å². The maximum atomic E-state index is 12.1. The maximum Gasteiger partial charge on any atom is 0.262 e. The number of halogens is 1.